The van der Waals surface area contributed by atoms with Gasteiger partial charge in [-0.1, -0.05) is 18.2 Å². The molecule has 0 radical (unpaired) electrons. The molecule has 0 atom stereocenters. The van der Waals surface area contributed by atoms with Crippen LogP contribution in [0.15, 0.2) is 41.3 Å². The fourth-order valence-corrected chi connectivity index (χ4v) is 3.18. The van der Waals surface area contributed by atoms with Crippen molar-refractivity contribution in [1.82, 2.24) is 24.1 Å². The molecule has 0 aliphatic heterocycles. The molecule has 4 aromatic rings. The van der Waals surface area contributed by atoms with E-state index in [4.69, 9.17) is 0 Å². The van der Waals surface area contributed by atoms with Gasteiger partial charge in [-0.15, -0.1) is 0 Å². The molecule has 0 saturated heterocycles. The minimum absolute atomic E-state index is 0.229. The van der Waals surface area contributed by atoms with Gasteiger partial charge in [-0.05, 0) is 29.8 Å². The molecule has 0 unspecified atom stereocenters. The second kappa shape index (κ2) is 5.26. The Morgan fingerprint density at radius 1 is 1.07 bits per heavy atom. The molecular weight excluding hydrogens is 359 g/mol. The molecule has 0 saturated carbocycles. The zero-order valence-corrected chi connectivity index (χ0v) is 13.6. The van der Waals surface area contributed by atoms with Crippen molar-refractivity contribution in [3.8, 4) is 0 Å². The van der Waals surface area contributed by atoms with Crippen LogP contribution in [0.3, 0.4) is 0 Å². The summed E-state index contributed by atoms with van der Waals surface area (Å²) in [5, 5.41) is 5.57. The second-order valence-corrected chi connectivity index (χ2v) is 6.22. The maximum absolute atomic E-state index is 12.7. The largest absolute Gasteiger partial charge is 0.416 e. The molecule has 3 heterocycles. The van der Waals surface area contributed by atoms with Gasteiger partial charge in [-0.25, -0.2) is 4.98 Å². The highest BCUT2D eigenvalue weighted by molar-refractivity contribution is 5.77. The molecule has 0 fully saturated rings. The number of allylic oxidation sites excluding steroid dienone is 1. The first-order valence-electron chi connectivity index (χ1n) is 8.04. The van der Waals surface area contributed by atoms with Crippen molar-refractivity contribution in [2.24, 2.45) is 0 Å². The predicted octanol–water partition coefficient (Wildman–Crippen LogP) is 2.03. The second-order valence-electron chi connectivity index (χ2n) is 6.22. The summed E-state index contributed by atoms with van der Waals surface area (Å²) in [6.07, 6.45) is 2.70. The van der Waals surface area contributed by atoms with E-state index in [1.165, 1.54) is 16.8 Å². The van der Waals surface area contributed by atoms with Crippen LogP contribution in [0, 0.1) is 0 Å². The van der Waals surface area contributed by atoms with E-state index in [9.17, 15) is 18.0 Å². The number of imidazole rings is 1. The fourth-order valence-electron chi connectivity index (χ4n) is 3.18. The highest BCUT2D eigenvalue weighted by atomic mass is 19.4. The summed E-state index contributed by atoms with van der Waals surface area (Å²) in [5.41, 5.74) is 0.624. The molecule has 134 valence electrons. The number of benzene rings is 1. The quantitative estimate of drug-likeness (QED) is 0.542. The highest BCUT2D eigenvalue weighted by Gasteiger charge is 2.29. The van der Waals surface area contributed by atoms with Gasteiger partial charge < -0.3 is 0 Å². The molecule has 1 aliphatic carbocycles. The molecular formula is C18H10F3N5O. The van der Waals surface area contributed by atoms with Crippen LogP contribution < -0.4 is 10.9 Å². The van der Waals surface area contributed by atoms with Crippen LogP contribution in [0.1, 0.15) is 16.8 Å². The number of rotatable bonds is 2. The third-order valence-corrected chi connectivity index (χ3v) is 4.44. The van der Waals surface area contributed by atoms with Crippen molar-refractivity contribution in [2.45, 2.75) is 12.7 Å². The van der Waals surface area contributed by atoms with Crippen molar-refractivity contribution < 1.29 is 13.2 Å². The van der Waals surface area contributed by atoms with Crippen LogP contribution in [0.5, 0.6) is 0 Å². The summed E-state index contributed by atoms with van der Waals surface area (Å²) < 4.78 is 41.3. The lowest BCUT2D eigenvalue weighted by molar-refractivity contribution is -0.137. The summed E-state index contributed by atoms with van der Waals surface area (Å²) in [6, 6.07) is 4.85. The standard InChI is InChI=1S/C18H10F3N5O/c19-18(20,21)11-6-4-10(5-7-11)8-25-9-12-15(24-25)26-14-3-1-2-13(14)22-17(26)23-16(12)27/h1-7,9H,8H2. The van der Waals surface area contributed by atoms with Gasteiger partial charge in [0.1, 0.15) is 5.39 Å². The average Bonchev–Trinajstić information content (AvgIpc) is 3.28. The Morgan fingerprint density at radius 2 is 1.85 bits per heavy atom. The molecule has 1 aromatic carbocycles. The van der Waals surface area contributed by atoms with Crippen molar-refractivity contribution in [3.63, 3.8) is 0 Å². The summed E-state index contributed by atoms with van der Waals surface area (Å²) in [6.45, 7) is 0.229. The molecule has 0 amide bonds. The molecule has 27 heavy (non-hydrogen) atoms. The monoisotopic (exact) mass is 369 g/mol. The predicted molar refractivity (Wildman–Crippen MR) is 91.8 cm³/mol. The van der Waals surface area contributed by atoms with Crippen LogP contribution in [0.4, 0.5) is 13.2 Å². The van der Waals surface area contributed by atoms with E-state index in [-0.39, 0.29) is 12.3 Å². The molecule has 5 rings (SSSR count). The normalized spacial score (nSPS) is 13.4. The highest BCUT2D eigenvalue weighted by Crippen LogP contribution is 2.29. The first kappa shape index (κ1) is 15.7. The Hall–Kier alpha value is -3.49. The average molecular weight is 369 g/mol. The van der Waals surface area contributed by atoms with E-state index in [1.807, 2.05) is 18.2 Å². The summed E-state index contributed by atoms with van der Waals surface area (Å²) >= 11 is 0. The van der Waals surface area contributed by atoms with Gasteiger partial charge >= 0.3 is 6.18 Å². The Labute approximate surface area is 148 Å². The molecule has 0 spiro atoms. The molecule has 6 nitrogen and oxygen atoms in total. The van der Waals surface area contributed by atoms with Gasteiger partial charge in [0, 0.05) is 6.20 Å². The Morgan fingerprint density at radius 3 is 2.59 bits per heavy atom. The van der Waals surface area contributed by atoms with Gasteiger partial charge in [0.15, 0.2) is 5.65 Å². The maximum atomic E-state index is 12.7. The van der Waals surface area contributed by atoms with E-state index >= 15 is 0 Å². The third kappa shape index (κ3) is 2.42. The van der Waals surface area contributed by atoms with Crippen molar-refractivity contribution in [2.75, 3.05) is 0 Å². The van der Waals surface area contributed by atoms with Crippen molar-refractivity contribution in [3.05, 3.63) is 69.1 Å². The molecule has 3 aromatic heterocycles. The Bertz CT molecular complexity index is 1350. The number of aromatic nitrogens is 5. The molecule has 1 aliphatic rings. The van der Waals surface area contributed by atoms with Crippen LogP contribution in [0.25, 0.3) is 29.0 Å². The van der Waals surface area contributed by atoms with Gasteiger partial charge in [-0.3, -0.25) is 13.9 Å². The fraction of sp³-hybridized carbons (Fsp3) is 0.111. The minimum Gasteiger partial charge on any atom is -0.266 e. The van der Waals surface area contributed by atoms with E-state index in [0.29, 0.717) is 22.3 Å². The first-order valence-corrected chi connectivity index (χ1v) is 8.04. The lowest BCUT2D eigenvalue weighted by Crippen LogP contribution is -2.15. The van der Waals surface area contributed by atoms with E-state index < -0.39 is 17.3 Å². The van der Waals surface area contributed by atoms with Crippen LogP contribution in [0.2, 0.25) is 0 Å². The third-order valence-electron chi connectivity index (χ3n) is 4.44. The number of hydrogen-bond acceptors (Lipinski definition) is 4. The number of fused-ring (bicyclic) bond motifs is 5. The van der Waals surface area contributed by atoms with Gasteiger partial charge in [-0.2, -0.15) is 23.3 Å². The smallest absolute Gasteiger partial charge is 0.266 e. The van der Waals surface area contributed by atoms with Gasteiger partial charge in [0.2, 0.25) is 5.78 Å². The van der Waals surface area contributed by atoms with Crippen LogP contribution in [-0.2, 0) is 12.7 Å². The lowest BCUT2D eigenvalue weighted by Gasteiger charge is -2.07. The Balaban J connectivity index is 1.60. The van der Waals surface area contributed by atoms with E-state index in [2.05, 4.69) is 15.1 Å². The molecule has 0 N–H and O–H groups in total. The number of halogens is 3. The zero-order valence-electron chi connectivity index (χ0n) is 13.6. The molecule has 0 bridgehead atoms. The lowest BCUT2D eigenvalue weighted by atomic mass is 10.1. The summed E-state index contributed by atoms with van der Waals surface area (Å²) in [7, 11) is 0. The van der Waals surface area contributed by atoms with Crippen molar-refractivity contribution >= 4 is 29.0 Å². The zero-order chi connectivity index (χ0) is 18.8. The van der Waals surface area contributed by atoms with E-state index in [0.717, 1.165) is 17.5 Å². The van der Waals surface area contributed by atoms with Crippen LogP contribution >= 0.6 is 0 Å². The summed E-state index contributed by atoms with van der Waals surface area (Å²) in [4.78, 5) is 20.6. The van der Waals surface area contributed by atoms with Gasteiger partial charge in [0.05, 0.1) is 23.2 Å². The van der Waals surface area contributed by atoms with Crippen LogP contribution in [-0.4, -0.2) is 24.1 Å². The maximum Gasteiger partial charge on any atom is 0.416 e. The summed E-state index contributed by atoms with van der Waals surface area (Å²) in [5.74, 6) is 0.276. The number of nitrogens with zero attached hydrogens (tertiary/aromatic N) is 5. The first-order chi connectivity index (χ1) is 12.9. The minimum atomic E-state index is -4.38. The number of hydrogen-bond donors (Lipinski definition) is 0. The molecule has 9 heteroatoms. The SMILES string of the molecule is O=c1nc2nc3c(n2c2nn(Cc4ccc(C(F)(F)F)cc4)cc12)=CC=C3. The topological polar surface area (TPSA) is 65.1 Å². The van der Waals surface area contributed by atoms with Gasteiger partial charge in [0.25, 0.3) is 5.56 Å². The number of alkyl halides is 3. The van der Waals surface area contributed by atoms with E-state index in [1.54, 1.807) is 10.6 Å². The van der Waals surface area contributed by atoms with Crippen molar-refractivity contribution in [1.29, 1.82) is 0 Å². The Kier molecular flexibility index (Phi) is 3.06.